The summed E-state index contributed by atoms with van der Waals surface area (Å²) in [6, 6.07) is 4.89. The molecule has 0 aromatic heterocycles. The minimum Gasteiger partial charge on any atom is -0.490 e. The Bertz CT molecular complexity index is 343. The number of hydrogen-bond acceptors (Lipinski definition) is 3. The molecule has 0 saturated carbocycles. The summed E-state index contributed by atoms with van der Waals surface area (Å²) in [6.07, 6.45) is -0.459. The SMILES string of the molecule is O=Cc1cccc(OC[C@H](O)CF)c1Br. The predicted molar refractivity (Wildman–Crippen MR) is 57.0 cm³/mol. The number of aliphatic hydroxyl groups is 1. The Kier molecular flexibility index (Phi) is 4.71. The molecule has 0 aliphatic heterocycles. The molecule has 82 valence electrons. The third-order valence-corrected chi connectivity index (χ3v) is 2.58. The summed E-state index contributed by atoms with van der Waals surface area (Å²) in [5.41, 5.74) is 0.447. The second-order valence-electron chi connectivity index (χ2n) is 2.90. The van der Waals surface area contributed by atoms with Crippen molar-refractivity contribution < 1.29 is 19.0 Å². The van der Waals surface area contributed by atoms with Crippen LogP contribution in [0.25, 0.3) is 0 Å². The van der Waals surface area contributed by atoms with Gasteiger partial charge in [-0.05, 0) is 22.0 Å². The number of carbonyl (C=O) groups is 1. The second-order valence-corrected chi connectivity index (χ2v) is 3.69. The van der Waals surface area contributed by atoms with E-state index in [0.717, 1.165) is 0 Å². The number of ether oxygens (including phenoxy) is 1. The van der Waals surface area contributed by atoms with Crippen LogP contribution in [-0.2, 0) is 0 Å². The van der Waals surface area contributed by atoms with Gasteiger partial charge in [0.2, 0.25) is 0 Å². The molecule has 0 amide bonds. The predicted octanol–water partition coefficient (Wildman–Crippen LogP) is 1.97. The number of aldehydes is 1. The lowest BCUT2D eigenvalue weighted by Gasteiger charge is -2.11. The van der Waals surface area contributed by atoms with Crippen LogP contribution in [0.2, 0.25) is 0 Å². The van der Waals surface area contributed by atoms with Crippen LogP contribution in [-0.4, -0.2) is 30.8 Å². The molecule has 1 N–H and O–H groups in total. The van der Waals surface area contributed by atoms with Gasteiger partial charge in [-0.3, -0.25) is 4.79 Å². The molecule has 0 saturated heterocycles. The Morgan fingerprint density at radius 2 is 2.33 bits per heavy atom. The zero-order chi connectivity index (χ0) is 11.3. The minimum atomic E-state index is -1.14. The van der Waals surface area contributed by atoms with Crippen molar-refractivity contribution in [3.05, 3.63) is 28.2 Å². The molecule has 0 radical (unpaired) electrons. The van der Waals surface area contributed by atoms with Crippen LogP contribution in [0.1, 0.15) is 10.4 Å². The fourth-order valence-corrected chi connectivity index (χ4v) is 1.43. The van der Waals surface area contributed by atoms with Gasteiger partial charge in [-0.2, -0.15) is 0 Å². The monoisotopic (exact) mass is 276 g/mol. The van der Waals surface area contributed by atoms with Crippen molar-refractivity contribution in [3.63, 3.8) is 0 Å². The van der Waals surface area contributed by atoms with Crippen molar-refractivity contribution in [2.24, 2.45) is 0 Å². The smallest absolute Gasteiger partial charge is 0.151 e. The Hall–Kier alpha value is -0.940. The van der Waals surface area contributed by atoms with E-state index in [-0.39, 0.29) is 6.61 Å². The molecule has 0 unspecified atom stereocenters. The number of rotatable bonds is 5. The van der Waals surface area contributed by atoms with Crippen LogP contribution in [0.3, 0.4) is 0 Å². The Balaban J connectivity index is 2.73. The second kappa shape index (κ2) is 5.82. The van der Waals surface area contributed by atoms with E-state index in [1.54, 1.807) is 18.2 Å². The van der Waals surface area contributed by atoms with E-state index in [0.29, 0.717) is 22.1 Å². The lowest BCUT2D eigenvalue weighted by molar-refractivity contribution is 0.0838. The minimum absolute atomic E-state index is 0.141. The molecule has 0 fully saturated rings. The highest BCUT2D eigenvalue weighted by molar-refractivity contribution is 9.10. The van der Waals surface area contributed by atoms with Crippen LogP contribution in [0, 0.1) is 0 Å². The normalized spacial score (nSPS) is 12.2. The summed E-state index contributed by atoms with van der Waals surface area (Å²) in [7, 11) is 0. The van der Waals surface area contributed by atoms with Crippen molar-refractivity contribution in [3.8, 4) is 5.75 Å². The standard InChI is InChI=1S/C10H10BrFO3/c11-10-7(5-13)2-1-3-9(10)15-6-8(14)4-12/h1-3,5,8,14H,4,6H2/t8-/m1/s1. The van der Waals surface area contributed by atoms with E-state index in [4.69, 9.17) is 9.84 Å². The van der Waals surface area contributed by atoms with E-state index in [1.165, 1.54) is 0 Å². The molecular weight excluding hydrogens is 267 g/mol. The molecule has 1 atom stereocenters. The fourth-order valence-electron chi connectivity index (χ4n) is 0.961. The molecule has 3 nitrogen and oxygen atoms in total. The van der Waals surface area contributed by atoms with Gasteiger partial charge >= 0.3 is 0 Å². The highest BCUT2D eigenvalue weighted by Crippen LogP contribution is 2.27. The molecule has 1 aromatic rings. The number of carbonyl (C=O) groups excluding carboxylic acids is 1. The summed E-state index contributed by atoms with van der Waals surface area (Å²) < 4.78 is 17.6. The molecule has 0 bridgehead atoms. The Morgan fingerprint density at radius 1 is 1.60 bits per heavy atom. The highest BCUT2D eigenvalue weighted by atomic mass is 79.9. The van der Waals surface area contributed by atoms with Gasteiger partial charge in [-0.1, -0.05) is 12.1 Å². The van der Waals surface area contributed by atoms with Crippen LogP contribution in [0.4, 0.5) is 4.39 Å². The van der Waals surface area contributed by atoms with Crippen molar-refractivity contribution in [1.29, 1.82) is 0 Å². The Morgan fingerprint density at radius 3 is 2.93 bits per heavy atom. The van der Waals surface area contributed by atoms with Gasteiger partial charge in [0.1, 0.15) is 25.1 Å². The van der Waals surface area contributed by atoms with Crippen molar-refractivity contribution >= 4 is 22.2 Å². The lowest BCUT2D eigenvalue weighted by atomic mass is 10.2. The van der Waals surface area contributed by atoms with E-state index in [2.05, 4.69) is 15.9 Å². The largest absolute Gasteiger partial charge is 0.490 e. The van der Waals surface area contributed by atoms with Gasteiger partial charge in [0.25, 0.3) is 0 Å². The maximum Gasteiger partial charge on any atom is 0.151 e. The van der Waals surface area contributed by atoms with Gasteiger partial charge in [-0.25, -0.2) is 4.39 Å². The quantitative estimate of drug-likeness (QED) is 0.837. The van der Waals surface area contributed by atoms with Gasteiger partial charge < -0.3 is 9.84 Å². The topological polar surface area (TPSA) is 46.5 Å². The first-order chi connectivity index (χ1) is 7.19. The van der Waals surface area contributed by atoms with Crippen LogP contribution >= 0.6 is 15.9 Å². The molecule has 15 heavy (non-hydrogen) atoms. The average Bonchev–Trinajstić information content (AvgIpc) is 2.27. The first kappa shape index (κ1) is 12.1. The van der Waals surface area contributed by atoms with Crippen molar-refractivity contribution in [1.82, 2.24) is 0 Å². The zero-order valence-electron chi connectivity index (χ0n) is 7.82. The number of hydrogen-bond donors (Lipinski definition) is 1. The van der Waals surface area contributed by atoms with E-state index in [9.17, 15) is 9.18 Å². The van der Waals surface area contributed by atoms with Gasteiger partial charge in [-0.15, -0.1) is 0 Å². The van der Waals surface area contributed by atoms with Crippen molar-refractivity contribution in [2.45, 2.75) is 6.10 Å². The van der Waals surface area contributed by atoms with Crippen molar-refractivity contribution in [2.75, 3.05) is 13.3 Å². The molecule has 1 aromatic carbocycles. The molecular formula is C10H10BrFO3. The van der Waals surface area contributed by atoms with Gasteiger partial charge in [0, 0.05) is 5.56 Å². The van der Waals surface area contributed by atoms with Gasteiger partial charge in [0.05, 0.1) is 4.47 Å². The number of halogens is 2. The molecule has 0 aliphatic rings. The first-order valence-corrected chi connectivity index (χ1v) is 5.09. The molecule has 0 spiro atoms. The molecule has 0 aliphatic carbocycles. The third kappa shape index (κ3) is 3.28. The summed E-state index contributed by atoms with van der Waals surface area (Å²) in [5.74, 6) is 0.409. The summed E-state index contributed by atoms with van der Waals surface area (Å²) >= 11 is 3.18. The first-order valence-electron chi connectivity index (χ1n) is 4.29. The highest BCUT2D eigenvalue weighted by Gasteiger charge is 2.08. The maximum atomic E-state index is 11.9. The summed E-state index contributed by atoms with van der Waals surface area (Å²) in [4.78, 5) is 10.6. The van der Waals surface area contributed by atoms with Crippen LogP contribution in [0.15, 0.2) is 22.7 Å². The van der Waals surface area contributed by atoms with Crippen LogP contribution in [0.5, 0.6) is 5.75 Å². The Labute approximate surface area is 95.0 Å². The summed E-state index contributed by atoms with van der Waals surface area (Å²) in [6.45, 7) is -0.998. The molecule has 0 heterocycles. The van der Waals surface area contributed by atoms with Gasteiger partial charge in [0.15, 0.2) is 6.29 Å². The average molecular weight is 277 g/mol. The number of benzene rings is 1. The molecule has 5 heteroatoms. The van der Waals surface area contributed by atoms with Crippen LogP contribution < -0.4 is 4.74 Å². The fraction of sp³-hybridized carbons (Fsp3) is 0.300. The lowest BCUT2D eigenvalue weighted by Crippen LogP contribution is -2.19. The zero-order valence-corrected chi connectivity index (χ0v) is 9.41. The maximum absolute atomic E-state index is 11.9. The summed E-state index contributed by atoms with van der Waals surface area (Å²) in [5, 5.41) is 8.95. The third-order valence-electron chi connectivity index (χ3n) is 1.73. The van der Waals surface area contributed by atoms with E-state index < -0.39 is 12.8 Å². The molecule has 1 rings (SSSR count). The van der Waals surface area contributed by atoms with E-state index >= 15 is 0 Å². The number of alkyl halides is 1. The number of aliphatic hydroxyl groups excluding tert-OH is 1. The van der Waals surface area contributed by atoms with E-state index in [1.807, 2.05) is 0 Å².